The van der Waals surface area contributed by atoms with Crippen LogP contribution in [0.5, 0.6) is 0 Å². The quantitative estimate of drug-likeness (QED) is 0.722. The van der Waals surface area contributed by atoms with Gasteiger partial charge in [0.15, 0.2) is 0 Å². The first-order valence-corrected chi connectivity index (χ1v) is 10.0. The van der Waals surface area contributed by atoms with Crippen molar-refractivity contribution in [2.24, 2.45) is 5.92 Å². The van der Waals surface area contributed by atoms with Crippen LogP contribution in [0, 0.1) is 5.92 Å². The van der Waals surface area contributed by atoms with Gasteiger partial charge < -0.3 is 15.4 Å². The molecule has 4 nitrogen and oxygen atoms in total. The molecule has 0 aromatic heterocycles. The zero-order valence-electron chi connectivity index (χ0n) is 15.7. The van der Waals surface area contributed by atoms with Crippen LogP contribution in [0.4, 0.5) is 5.69 Å². The van der Waals surface area contributed by atoms with E-state index < -0.39 is 0 Å². The lowest BCUT2D eigenvalue weighted by Crippen LogP contribution is -2.28. The Kier molecular flexibility index (Phi) is 9.44. The van der Waals surface area contributed by atoms with Gasteiger partial charge in [-0.25, -0.2) is 0 Å². The van der Waals surface area contributed by atoms with Gasteiger partial charge in [-0.15, -0.1) is 12.4 Å². The van der Waals surface area contributed by atoms with Gasteiger partial charge in [0.2, 0.25) is 5.91 Å². The van der Waals surface area contributed by atoms with Gasteiger partial charge in [-0.2, -0.15) is 0 Å². The van der Waals surface area contributed by atoms with Crippen LogP contribution < -0.4 is 10.6 Å². The third-order valence-electron chi connectivity index (χ3n) is 5.49. The summed E-state index contributed by atoms with van der Waals surface area (Å²) in [5, 5.41) is 6.42. The highest BCUT2D eigenvalue weighted by Crippen LogP contribution is 2.22. The lowest BCUT2D eigenvalue weighted by molar-refractivity contribution is -0.116. The second-order valence-corrected chi connectivity index (χ2v) is 7.55. The molecule has 1 heterocycles. The van der Waals surface area contributed by atoms with Crippen LogP contribution in [0.1, 0.15) is 63.4 Å². The molecule has 1 aliphatic heterocycles. The van der Waals surface area contributed by atoms with E-state index in [0.29, 0.717) is 25.0 Å². The predicted molar refractivity (Wildman–Crippen MR) is 109 cm³/mol. The van der Waals surface area contributed by atoms with Gasteiger partial charge in [-0.3, -0.25) is 4.79 Å². The summed E-state index contributed by atoms with van der Waals surface area (Å²) in [6.45, 7) is 2.83. The first kappa shape index (κ1) is 21.2. The molecule has 2 aliphatic rings. The molecule has 1 aromatic rings. The monoisotopic (exact) mass is 380 g/mol. The first-order valence-electron chi connectivity index (χ1n) is 10.0. The number of anilines is 1. The third-order valence-corrected chi connectivity index (χ3v) is 5.49. The maximum absolute atomic E-state index is 12.2. The minimum Gasteiger partial charge on any atom is -0.374 e. The molecule has 0 spiro atoms. The topological polar surface area (TPSA) is 50.4 Å². The maximum Gasteiger partial charge on any atom is 0.224 e. The van der Waals surface area contributed by atoms with Crippen LogP contribution in [-0.2, 0) is 16.1 Å². The molecule has 146 valence electrons. The Morgan fingerprint density at radius 3 is 2.65 bits per heavy atom. The van der Waals surface area contributed by atoms with E-state index in [9.17, 15) is 4.79 Å². The number of hydrogen-bond acceptors (Lipinski definition) is 3. The maximum atomic E-state index is 12.2. The average Bonchev–Trinajstić information content (AvgIpc) is 2.67. The molecular weight excluding hydrogens is 348 g/mol. The molecule has 1 aliphatic carbocycles. The van der Waals surface area contributed by atoms with Crippen LogP contribution >= 0.6 is 12.4 Å². The van der Waals surface area contributed by atoms with Gasteiger partial charge >= 0.3 is 0 Å². The standard InChI is InChI=1S/C21H32N2O2.ClH/c24-21(10-9-17-11-13-22-14-12-17)23-19-6-4-5-18(15-19)16-25-20-7-2-1-3-8-20;/h4-6,15,17,20,22H,1-3,7-14,16H2,(H,23,24);1H. The number of carbonyl (C=O) groups excluding carboxylic acids is 1. The van der Waals surface area contributed by atoms with E-state index in [0.717, 1.165) is 30.8 Å². The first-order chi connectivity index (χ1) is 12.3. The van der Waals surface area contributed by atoms with E-state index in [2.05, 4.69) is 16.7 Å². The van der Waals surface area contributed by atoms with Crippen molar-refractivity contribution in [3.05, 3.63) is 29.8 Å². The second-order valence-electron chi connectivity index (χ2n) is 7.55. The van der Waals surface area contributed by atoms with Crippen molar-refractivity contribution in [3.8, 4) is 0 Å². The van der Waals surface area contributed by atoms with E-state index >= 15 is 0 Å². The minimum atomic E-state index is 0. The van der Waals surface area contributed by atoms with Gasteiger partial charge in [0.1, 0.15) is 0 Å². The minimum absolute atomic E-state index is 0. The molecule has 2 N–H and O–H groups in total. The predicted octanol–water partition coefficient (Wildman–Crippen LogP) is 4.68. The highest BCUT2D eigenvalue weighted by Gasteiger charge is 2.15. The molecule has 1 amide bonds. The number of ether oxygens (including phenoxy) is 1. The zero-order valence-corrected chi connectivity index (χ0v) is 16.5. The Morgan fingerprint density at radius 2 is 1.88 bits per heavy atom. The molecule has 0 radical (unpaired) electrons. The summed E-state index contributed by atoms with van der Waals surface area (Å²) in [7, 11) is 0. The van der Waals surface area contributed by atoms with Gasteiger partial charge in [-0.05, 0) is 68.8 Å². The van der Waals surface area contributed by atoms with Crippen LogP contribution in [0.3, 0.4) is 0 Å². The number of rotatable bonds is 7. The summed E-state index contributed by atoms with van der Waals surface area (Å²) >= 11 is 0. The largest absolute Gasteiger partial charge is 0.374 e. The van der Waals surface area contributed by atoms with Crippen molar-refractivity contribution >= 4 is 24.0 Å². The fourth-order valence-corrected chi connectivity index (χ4v) is 3.91. The summed E-state index contributed by atoms with van der Waals surface area (Å²) in [6.07, 6.45) is 10.7. The molecule has 0 unspecified atom stereocenters. The molecule has 3 rings (SSSR count). The molecule has 26 heavy (non-hydrogen) atoms. The van der Waals surface area contributed by atoms with Gasteiger partial charge in [0.25, 0.3) is 0 Å². The van der Waals surface area contributed by atoms with Crippen molar-refractivity contribution in [2.75, 3.05) is 18.4 Å². The second kappa shape index (κ2) is 11.6. The molecule has 0 atom stereocenters. The van der Waals surface area contributed by atoms with E-state index in [1.165, 1.54) is 44.9 Å². The molecular formula is C21H33ClN2O2. The SMILES string of the molecule is Cl.O=C(CCC1CCNCC1)Nc1cccc(COC2CCCCC2)c1. The summed E-state index contributed by atoms with van der Waals surface area (Å²) in [5.74, 6) is 0.825. The number of halogens is 1. The number of piperidine rings is 1. The van der Waals surface area contributed by atoms with Crippen molar-refractivity contribution < 1.29 is 9.53 Å². The molecule has 1 aromatic carbocycles. The average molecular weight is 381 g/mol. The smallest absolute Gasteiger partial charge is 0.224 e. The highest BCUT2D eigenvalue weighted by atomic mass is 35.5. The molecule has 0 bridgehead atoms. The molecule has 5 heteroatoms. The number of nitrogens with one attached hydrogen (secondary N) is 2. The summed E-state index contributed by atoms with van der Waals surface area (Å²) in [5.41, 5.74) is 2.03. The fourth-order valence-electron chi connectivity index (χ4n) is 3.91. The Bertz CT molecular complexity index is 541. The van der Waals surface area contributed by atoms with Crippen LogP contribution in [0.25, 0.3) is 0 Å². The van der Waals surface area contributed by atoms with Gasteiger partial charge in [0.05, 0.1) is 12.7 Å². The van der Waals surface area contributed by atoms with E-state index in [4.69, 9.17) is 4.74 Å². The Labute approximate surface area is 163 Å². The zero-order chi connectivity index (χ0) is 17.3. The van der Waals surface area contributed by atoms with Crippen LogP contribution in [0.2, 0.25) is 0 Å². The van der Waals surface area contributed by atoms with E-state index in [1.807, 2.05) is 18.2 Å². The van der Waals surface area contributed by atoms with Crippen LogP contribution in [-0.4, -0.2) is 25.1 Å². The fraction of sp³-hybridized carbons (Fsp3) is 0.667. The summed E-state index contributed by atoms with van der Waals surface area (Å²) in [6, 6.07) is 8.09. The lowest BCUT2D eigenvalue weighted by atomic mass is 9.93. The number of amides is 1. The number of carbonyl (C=O) groups is 1. The van der Waals surface area contributed by atoms with E-state index in [1.54, 1.807) is 0 Å². The van der Waals surface area contributed by atoms with Gasteiger partial charge in [0, 0.05) is 12.1 Å². The lowest BCUT2D eigenvalue weighted by Gasteiger charge is -2.22. The Morgan fingerprint density at radius 1 is 1.12 bits per heavy atom. The summed E-state index contributed by atoms with van der Waals surface area (Å²) < 4.78 is 6.04. The third kappa shape index (κ3) is 7.26. The molecule has 1 saturated carbocycles. The normalized spacial score (nSPS) is 18.9. The molecule has 1 saturated heterocycles. The highest BCUT2D eigenvalue weighted by molar-refractivity contribution is 5.90. The van der Waals surface area contributed by atoms with Crippen molar-refractivity contribution in [1.82, 2.24) is 5.32 Å². The summed E-state index contributed by atoms with van der Waals surface area (Å²) in [4.78, 5) is 12.2. The number of benzene rings is 1. The Balaban J connectivity index is 0.00000243. The van der Waals surface area contributed by atoms with Crippen LogP contribution in [0.15, 0.2) is 24.3 Å². The van der Waals surface area contributed by atoms with Crippen molar-refractivity contribution in [3.63, 3.8) is 0 Å². The van der Waals surface area contributed by atoms with Gasteiger partial charge in [-0.1, -0.05) is 31.4 Å². The molecule has 2 fully saturated rings. The van der Waals surface area contributed by atoms with Crippen molar-refractivity contribution in [1.29, 1.82) is 0 Å². The number of hydrogen-bond donors (Lipinski definition) is 2. The Hall–Kier alpha value is -1.10. The van der Waals surface area contributed by atoms with E-state index in [-0.39, 0.29) is 18.3 Å². The van der Waals surface area contributed by atoms with Crippen molar-refractivity contribution in [2.45, 2.75) is 70.5 Å².